The molecule has 0 aromatic rings. The highest BCUT2D eigenvalue weighted by Gasteiger charge is 2.49. The smallest absolute Gasteiger partial charge is 0.308 e. The average Bonchev–Trinajstić information content (AvgIpc) is 2.70. The largest absolute Gasteiger partial charge is 0.462 e. The molecular weight excluding hydrogens is 197 g/mol. The van der Waals surface area contributed by atoms with Gasteiger partial charge in [-0.25, -0.2) is 14.8 Å². The van der Waals surface area contributed by atoms with Crippen molar-refractivity contribution in [1.82, 2.24) is 4.90 Å². The van der Waals surface area contributed by atoms with Gasteiger partial charge in [0, 0.05) is 13.0 Å². The molecule has 0 aromatic carbocycles. The first-order valence-electron chi connectivity index (χ1n) is 5.23. The summed E-state index contributed by atoms with van der Waals surface area (Å²) in [6, 6.07) is -0.168. The zero-order chi connectivity index (χ0) is 10.9. The maximum Gasteiger partial charge on any atom is 0.308 e. The van der Waals surface area contributed by atoms with Crippen LogP contribution in [0.3, 0.4) is 0 Å². The number of amidine groups is 1. The van der Waals surface area contributed by atoms with Gasteiger partial charge < -0.3 is 4.74 Å². The first-order chi connectivity index (χ1) is 7.16. The SMILES string of the molecule is C=NC(=N)OC[C@@]12CCCN1CC(F)C2. The molecule has 1 N–H and O–H groups in total. The molecule has 0 radical (unpaired) electrons. The minimum atomic E-state index is -0.750. The second kappa shape index (κ2) is 3.89. The van der Waals surface area contributed by atoms with Crippen LogP contribution in [-0.4, -0.2) is 49.0 Å². The number of alkyl halides is 1. The van der Waals surface area contributed by atoms with Crippen LogP contribution in [0.4, 0.5) is 4.39 Å². The van der Waals surface area contributed by atoms with Gasteiger partial charge in [0.1, 0.15) is 12.8 Å². The van der Waals surface area contributed by atoms with Gasteiger partial charge in [0.25, 0.3) is 0 Å². The van der Waals surface area contributed by atoms with Crippen molar-refractivity contribution in [2.45, 2.75) is 31.0 Å². The maximum atomic E-state index is 13.3. The molecule has 2 rings (SSSR count). The predicted molar refractivity (Wildman–Crippen MR) is 56.3 cm³/mol. The highest BCUT2D eigenvalue weighted by Crippen LogP contribution is 2.40. The number of aliphatic imine (C=N–C) groups is 1. The third-order valence-corrected chi connectivity index (χ3v) is 3.38. The van der Waals surface area contributed by atoms with Crippen molar-refractivity contribution in [1.29, 1.82) is 5.41 Å². The standard InChI is InChI=1S/C10H16FN3O/c1-13-9(12)15-7-10-3-2-4-14(10)6-8(11)5-10/h8,12H,1-7H2/t8?,10-/m0/s1. The van der Waals surface area contributed by atoms with E-state index in [1.165, 1.54) is 0 Å². The summed E-state index contributed by atoms with van der Waals surface area (Å²) in [5.41, 5.74) is -0.184. The lowest BCUT2D eigenvalue weighted by atomic mass is 9.95. The number of ether oxygens (including phenoxy) is 1. The van der Waals surface area contributed by atoms with Crippen molar-refractivity contribution in [3.8, 4) is 0 Å². The lowest BCUT2D eigenvalue weighted by Gasteiger charge is -2.30. The van der Waals surface area contributed by atoms with E-state index in [4.69, 9.17) is 10.1 Å². The Morgan fingerprint density at radius 3 is 3.27 bits per heavy atom. The minimum absolute atomic E-state index is 0.168. The van der Waals surface area contributed by atoms with E-state index in [1.807, 2.05) is 0 Å². The zero-order valence-corrected chi connectivity index (χ0v) is 8.71. The first kappa shape index (κ1) is 10.5. The Labute approximate surface area is 88.6 Å². The molecule has 2 fully saturated rings. The zero-order valence-electron chi connectivity index (χ0n) is 8.71. The number of fused-ring (bicyclic) bond motifs is 1. The fourth-order valence-corrected chi connectivity index (χ4v) is 2.70. The van der Waals surface area contributed by atoms with E-state index >= 15 is 0 Å². The van der Waals surface area contributed by atoms with E-state index < -0.39 is 6.17 Å². The first-order valence-corrected chi connectivity index (χ1v) is 5.23. The van der Waals surface area contributed by atoms with E-state index in [0.717, 1.165) is 19.4 Å². The van der Waals surface area contributed by atoms with Crippen molar-refractivity contribution >= 4 is 12.7 Å². The summed E-state index contributed by atoms with van der Waals surface area (Å²) in [7, 11) is 0. The van der Waals surface area contributed by atoms with Gasteiger partial charge in [-0.3, -0.25) is 4.90 Å². The highest BCUT2D eigenvalue weighted by atomic mass is 19.1. The Morgan fingerprint density at radius 1 is 1.73 bits per heavy atom. The quantitative estimate of drug-likeness (QED) is 0.553. The van der Waals surface area contributed by atoms with Gasteiger partial charge >= 0.3 is 6.02 Å². The molecule has 2 aliphatic rings. The fourth-order valence-electron chi connectivity index (χ4n) is 2.70. The van der Waals surface area contributed by atoms with Crippen LogP contribution in [0.25, 0.3) is 0 Å². The summed E-state index contributed by atoms with van der Waals surface area (Å²) in [5, 5.41) is 7.24. The number of hydrogen-bond acceptors (Lipinski definition) is 3. The molecule has 1 unspecified atom stereocenters. The fraction of sp³-hybridized carbons (Fsp3) is 0.800. The second-order valence-electron chi connectivity index (χ2n) is 4.33. The lowest BCUT2D eigenvalue weighted by molar-refractivity contribution is 0.105. The van der Waals surface area contributed by atoms with Gasteiger partial charge in [-0.15, -0.1) is 0 Å². The van der Waals surface area contributed by atoms with Gasteiger partial charge in [-0.05, 0) is 26.1 Å². The average molecular weight is 213 g/mol. The summed E-state index contributed by atoms with van der Waals surface area (Å²) in [6.45, 7) is 5.04. The Bertz CT molecular complexity index is 284. The summed E-state index contributed by atoms with van der Waals surface area (Å²) < 4.78 is 18.5. The Kier molecular flexibility index (Phi) is 2.73. The monoisotopic (exact) mass is 213 g/mol. The third-order valence-electron chi connectivity index (χ3n) is 3.38. The van der Waals surface area contributed by atoms with Crippen LogP contribution in [0.15, 0.2) is 4.99 Å². The molecule has 0 spiro atoms. The molecule has 0 aromatic heterocycles. The van der Waals surface area contributed by atoms with Crippen LogP contribution >= 0.6 is 0 Å². The molecule has 4 nitrogen and oxygen atoms in total. The molecule has 0 saturated carbocycles. The van der Waals surface area contributed by atoms with Crippen molar-refractivity contribution in [3.63, 3.8) is 0 Å². The summed E-state index contributed by atoms with van der Waals surface area (Å²) in [5.74, 6) is 0. The van der Waals surface area contributed by atoms with Gasteiger partial charge in [0.2, 0.25) is 0 Å². The van der Waals surface area contributed by atoms with Crippen LogP contribution in [0, 0.1) is 5.41 Å². The Balaban J connectivity index is 1.98. The molecular formula is C10H16FN3O. The maximum absolute atomic E-state index is 13.3. The van der Waals surface area contributed by atoms with Crippen molar-refractivity contribution < 1.29 is 9.13 Å². The molecule has 5 heteroatoms. The molecule has 2 atom stereocenters. The number of hydrogen-bond donors (Lipinski definition) is 1. The van der Waals surface area contributed by atoms with Gasteiger partial charge in [0.15, 0.2) is 0 Å². The van der Waals surface area contributed by atoms with E-state index in [0.29, 0.717) is 19.6 Å². The summed E-state index contributed by atoms with van der Waals surface area (Å²) in [4.78, 5) is 5.53. The van der Waals surface area contributed by atoms with Crippen LogP contribution in [0.2, 0.25) is 0 Å². The van der Waals surface area contributed by atoms with Crippen molar-refractivity contribution in [3.05, 3.63) is 0 Å². The van der Waals surface area contributed by atoms with Crippen LogP contribution in [0.1, 0.15) is 19.3 Å². The molecule has 0 bridgehead atoms. The number of nitrogens with one attached hydrogen (secondary N) is 1. The molecule has 0 aliphatic carbocycles. The normalized spacial score (nSPS) is 35.1. The molecule has 2 heterocycles. The second-order valence-corrected chi connectivity index (χ2v) is 4.33. The molecule has 0 amide bonds. The van der Waals surface area contributed by atoms with E-state index in [9.17, 15) is 4.39 Å². The van der Waals surface area contributed by atoms with Crippen molar-refractivity contribution in [2.24, 2.45) is 4.99 Å². The van der Waals surface area contributed by atoms with Crippen LogP contribution in [0.5, 0.6) is 0 Å². The molecule has 84 valence electrons. The van der Waals surface area contributed by atoms with Crippen molar-refractivity contribution in [2.75, 3.05) is 19.7 Å². The molecule has 2 saturated heterocycles. The highest BCUT2D eigenvalue weighted by molar-refractivity contribution is 5.75. The number of halogens is 1. The minimum Gasteiger partial charge on any atom is -0.462 e. The molecule has 2 aliphatic heterocycles. The van der Waals surface area contributed by atoms with Gasteiger partial charge in [-0.1, -0.05) is 0 Å². The van der Waals surface area contributed by atoms with Crippen LogP contribution in [-0.2, 0) is 4.74 Å². The van der Waals surface area contributed by atoms with Crippen LogP contribution < -0.4 is 0 Å². The molecule has 15 heavy (non-hydrogen) atoms. The third kappa shape index (κ3) is 1.88. The summed E-state index contributed by atoms with van der Waals surface area (Å²) in [6.07, 6.45) is 1.82. The van der Waals surface area contributed by atoms with E-state index in [-0.39, 0.29) is 11.6 Å². The number of rotatable bonds is 2. The summed E-state index contributed by atoms with van der Waals surface area (Å²) >= 11 is 0. The number of nitrogens with zero attached hydrogens (tertiary/aromatic N) is 2. The van der Waals surface area contributed by atoms with E-state index in [2.05, 4.69) is 16.6 Å². The Hall–Kier alpha value is -0.970. The topological polar surface area (TPSA) is 48.7 Å². The van der Waals surface area contributed by atoms with Gasteiger partial charge in [0.05, 0.1) is 5.54 Å². The lowest BCUT2D eigenvalue weighted by Crippen LogP contribution is -2.42. The van der Waals surface area contributed by atoms with E-state index in [1.54, 1.807) is 0 Å². The van der Waals surface area contributed by atoms with Gasteiger partial charge in [-0.2, -0.15) is 0 Å². The Morgan fingerprint density at radius 2 is 2.53 bits per heavy atom. The predicted octanol–water partition coefficient (Wildman–Crippen LogP) is 1.21.